The van der Waals surface area contributed by atoms with Crippen LogP contribution in [0.3, 0.4) is 0 Å². The van der Waals surface area contributed by atoms with Crippen LogP contribution < -0.4 is 5.32 Å². The smallest absolute Gasteiger partial charge is 0.307 e. The Morgan fingerprint density at radius 1 is 1.25 bits per heavy atom. The summed E-state index contributed by atoms with van der Waals surface area (Å²) in [6, 6.07) is 7.62. The van der Waals surface area contributed by atoms with E-state index in [1.807, 2.05) is 44.4 Å². The highest BCUT2D eigenvalue weighted by Crippen LogP contribution is 2.10. The maximum Gasteiger partial charge on any atom is 0.307 e. The largest absolute Gasteiger partial charge is 0.481 e. The lowest BCUT2D eigenvalue weighted by molar-refractivity contribution is -0.136. The van der Waals surface area contributed by atoms with Gasteiger partial charge in [-0.3, -0.25) is 9.48 Å². The molecule has 2 N–H and O–H groups in total. The van der Waals surface area contributed by atoms with Crippen molar-refractivity contribution >= 4 is 5.97 Å². The molecule has 0 aliphatic rings. The minimum Gasteiger partial charge on any atom is -0.481 e. The first kappa shape index (κ1) is 14.3. The van der Waals surface area contributed by atoms with Gasteiger partial charge in [0.15, 0.2) is 0 Å². The summed E-state index contributed by atoms with van der Waals surface area (Å²) >= 11 is 0. The minimum atomic E-state index is -0.805. The molecular formula is C15H19N3O2. The van der Waals surface area contributed by atoms with Crippen LogP contribution in [-0.2, 0) is 31.4 Å². The topological polar surface area (TPSA) is 67.2 Å². The number of nitrogens with zero attached hydrogens (tertiary/aromatic N) is 2. The molecular weight excluding hydrogens is 254 g/mol. The van der Waals surface area contributed by atoms with Crippen LogP contribution in [0.1, 0.15) is 22.4 Å². The molecule has 5 nitrogen and oxygen atoms in total. The average Bonchev–Trinajstić information content (AvgIpc) is 2.69. The highest BCUT2D eigenvalue weighted by molar-refractivity contribution is 5.70. The van der Waals surface area contributed by atoms with Crippen LogP contribution in [0.5, 0.6) is 0 Å². The maximum absolute atomic E-state index is 10.8. The molecule has 106 valence electrons. The second-order valence-electron chi connectivity index (χ2n) is 4.86. The third-order valence-corrected chi connectivity index (χ3v) is 3.21. The van der Waals surface area contributed by atoms with E-state index < -0.39 is 5.97 Å². The number of aliphatic carboxylic acids is 1. The number of carboxylic acid groups (broad SMARTS) is 1. The molecule has 2 rings (SSSR count). The van der Waals surface area contributed by atoms with Crippen LogP contribution in [0.2, 0.25) is 0 Å². The van der Waals surface area contributed by atoms with E-state index in [0.717, 1.165) is 28.9 Å². The van der Waals surface area contributed by atoms with E-state index in [1.165, 1.54) is 0 Å². The lowest BCUT2D eigenvalue weighted by Gasteiger charge is -2.09. The highest BCUT2D eigenvalue weighted by atomic mass is 16.4. The number of benzene rings is 1. The predicted octanol–water partition coefficient (Wildman–Crippen LogP) is 1.65. The van der Waals surface area contributed by atoms with Gasteiger partial charge < -0.3 is 10.4 Å². The molecule has 0 radical (unpaired) electrons. The van der Waals surface area contributed by atoms with E-state index in [4.69, 9.17) is 5.11 Å². The number of hydrogen-bond acceptors (Lipinski definition) is 3. The first-order valence-corrected chi connectivity index (χ1v) is 6.54. The average molecular weight is 273 g/mol. The van der Waals surface area contributed by atoms with Crippen LogP contribution in [-0.4, -0.2) is 20.9 Å². The van der Waals surface area contributed by atoms with E-state index in [-0.39, 0.29) is 6.42 Å². The van der Waals surface area contributed by atoms with Crippen molar-refractivity contribution < 1.29 is 9.90 Å². The van der Waals surface area contributed by atoms with Crippen molar-refractivity contribution in [3.8, 4) is 0 Å². The molecule has 0 saturated carbocycles. The Balaban J connectivity index is 1.97. The second kappa shape index (κ2) is 6.34. The molecule has 0 spiro atoms. The van der Waals surface area contributed by atoms with Crippen molar-refractivity contribution in [3.63, 3.8) is 0 Å². The van der Waals surface area contributed by atoms with Gasteiger partial charge >= 0.3 is 5.97 Å². The summed E-state index contributed by atoms with van der Waals surface area (Å²) in [6.45, 7) is 3.36. The van der Waals surface area contributed by atoms with E-state index in [2.05, 4.69) is 10.4 Å². The number of aryl methyl sites for hydroxylation is 2. The summed E-state index contributed by atoms with van der Waals surface area (Å²) in [6.07, 6.45) is 2.05. The van der Waals surface area contributed by atoms with Crippen molar-refractivity contribution in [2.24, 2.45) is 7.05 Å². The van der Waals surface area contributed by atoms with Gasteiger partial charge in [-0.15, -0.1) is 0 Å². The van der Waals surface area contributed by atoms with Gasteiger partial charge in [0, 0.05) is 31.9 Å². The summed E-state index contributed by atoms with van der Waals surface area (Å²) < 4.78 is 1.80. The fraction of sp³-hybridized carbons (Fsp3) is 0.333. The molecule has 0 atom stereocenters. The van der Waals surface area contributed by atoms with E-state index >= 15 is 0 Å². The quantitative estimate of drug-likeness (QED) is 0.839. The summed E-state index contributed by atoms with van der Waals surface area (Å²) in [5.74, 6) is -0.805. The Morgan fingerprint density at radius 3 is 2.50 bits per heavy atom. The molecule has 0 bridgehead atoms. The molecule has 0 aliphatic heterocycles. The molecule has 0 saturated heterocycles. The number of aromatic nitrogens is 2. The Kier molecular flexibility index (Phi) is 4.53. The summed E-state index contributed by atoms with van der Waals surface area (Å²) in [5.41, 5.74) is 4.05. The molecule has 1 aromatic heterocycles. The van der Waals surface area contributed by atoms with Crippen molar-refractivity contribution in [2.45, 2.75) is 26.4 Å². The van der Waals surface area contributed by atoms with Crippen LogP contribution >= 0.6 is 0 Å². The van der Waals surface area contributed by atoms with Crippen LogP contribution in [0, 0.1) is 6.92 Å². The van der Waals surface area contributed by atoms with Gasteiger partial charge in [-0.1, -0.05) is 24.3 Å². The molecule has 0 amide bonds. The monoisotopic (exact) mass is 273 g/mol. The van der Waals surface area contributed by atoms with Crippen molar-refractivity contribution in [1.82, 2.24) is 15.1 Å². The highest BCUT2D eigenvalue weighted by Gasteiger charge is 2.07. The van der Waals surface area contributed by atoms with E-state index in [1.54, 1.807) is 4.68 Å². The zero-order valence-corrected chi connectivity index (χ0v) is 11.8. The standard InChI is InChI=1S/C15H19N3O2/c1-11-14(10-18(2)17-11)9-16-8-13-6-4-3-5-12(13)7-15(19)20/h3-6,10,16H,7-9H2,1-2H3,(H,19,20). The molecule has 0 unspecified atom stereocenters. The first-order valence-electron chi connectivity index (χ1n) is 6.54. The van der Waals surface area contributed by atoms with Crippen molar-refractivity contribution in [1.29, 1.82) is 0 Å². The van der Waals surface area contributed by atoms with Crippen molar-refractivity contribution in [3.05, 3.63) is 52.8 Å². The normalized spacial score (nSPS) is 10.7. The fourth-order valence-electron chi connectivity index (χ4n) is 2.22. The van der Waals surface area contributed by atoms with Crippen LogP contribution in [0.15, 0.2) is 30.5 Å². The van der Waals surface area contributed by atoms with Gasteiger partial charge in [-0.2, -0.15) is 5.10 Å². The van der Waals surface area contributed by atoms with Gasteiger partial charge in [0.25, 0.3) is 0 Å². The van der Waals surface area contributed by atoms with Gasteiger partial charge in [0.05, 0.1) is 12.1 Å². The lowest BCUT2D eigenvalue weighted by Crippen LogP contribution is -2.15. The van der Waals surface area contributed by atoms with Crippen LogP contribution in [0.25, 0.3) is 0 Å². The molecule has 1 aromatic carbocycles. The molecule has 2 aromatic rings. The van der Waals surface area contributed by atoms with Crippen molar-refractivity contribution in [2.75, 3.05) is 0 Å². The maximum atomic E-state index is 10.8. The molecule has 1 heterocycles. The Bertz CT molecular complexity index is 605. The number of nitrogens with one attached hydrogen (secondary N) is 1. The molecule has 0 aliphatic carbocycles. The zero-order valence-electron chi connectivity index (χ0n) is 11.8. The fourth-order valence-corrected chi connectivity index (χ4v) is 2.22. The SMILES string of the molecule is Cc1nn(C)cc1CNCc1ccccc1CC(=O)O. The summed E-state index contributed by atoms with van der Waals surface area (Å²) in [5, 5.41) is 16.5. The van der Waals surface area contributed by atoms with Gasteiger partial charge in [-0.05, 0) is 18.1 Å². The number of hydrogen-bond donors (Lipinski definition) is 2. The Hall–Kier alpha value is -2.14. The van der Waals surface area contributed by atoms with E-state index in [0.29, 0.717) is 6.54 Å². The second-order valence-corrected chi connectivity index (χ2v) is 4.86. The molecule has 0 fully saturated rings. The minimum absolute atomic E-state index is 0.0593. The number of carboxylic acids is 1. The third-order valence-electron chi connectivity index (χ3n) is 3.21. The summed E-state index contributed by atoms with van der Waals surface area (Å²) in [7, 11) is 1.90. The molecule has 20 heavy (non-hydrogen) atoms. The van der Waals surface area contributed by atoms with E-state index in [9.17, 15) is 4.79 Å². The van der Waals surface area contributed by atoms with Gasteiger partial charge in [-0.25, -0.2) is 0 Å². The number of rotatable bonds is 6. The summed E-state index contributed by atoms with van der Waals surface area (Å²) in [4.78, 5) is 10.8. The zero-order chi connectivity index (χ0) is 14.5. The third kappa shape index (κ3) is 3.68. The Labute approximate surface area is 118 Å². The number of carbonyl (C=O) groups is 1. The predicted molar refractivity (Wildman–Crippen MR) is 76.3 cm³/mol. The van der Waals surface area contributed by atoms with Gasteiger partial charge in [0.1, 0.15) is 0 Å². The Morgan fingerprint density at radius 2 is 1.90 bits per heavy atom. The first-order chi connectivity index (χ1) is 9.56. The molecule has 5 heteroatoms. The lowest BCUT2D eigenvalue weighted by atomic mass is 10.0. The van der Waals surface area contributed by atoms with Gasteiger partial charge in [0.2, 0.25) is 0 Å². The van der Waals surface area contributed by atoms with Crippen LogP contribution in [0.4, 0.5) is 0 Å².